The Morgan fingerprint density at radius 3 is 2.43 bits per heavy atom. The third kappa shape index (κ3) is 3.82. The number of rotatable bonds is 4. The zero-order chi connectivity index (χ0) is 15.7. The van der Waals surface area contributed by atoms with E-state index in [9.17, 15) is 12.6 Å². The maximum absolute atomic E-state index is 12.3. The number of para-hydroxylation sites is 1. The van der Waals surface area contributed by atoms with Crippen molar-refractivity contribution in [3.8, 4) is 0 Å². The summed E-state index contributed by atoms with van der Waals surface area (Å²) >= 11 is 0. The molecule has 9 heteroatoms. The van der Waals surface area contributed by atoms with Gasteiger partial charge in [0.25, 0.3) is 10.0 Å². The first-order valence-electron chi connectivity index (χ1n) is 5.89. The van der Waals surface area contributed by atoms with Gasteiger partial charge in [0.1, 0.15) is 16.9 Å². The molecular weight excluding hydrogens is 314 g/mol. The van der Waals surface area contributed by atoms with E-state index in [1.54, 1.807) is 24.3 Å². The molecule has 0 saturated heterocycles. The molecule has 0 unspecified atom stereocenters. The number of hydrogen-bond donors (Lipinski definition) is 1. The van der Waals surface area contributed by atoms with E-state index in [0.29, 0.717) is 5.69 Å². The molecule has 0 aliphatic rings. The molecular formula is C12H15N3O4S2. The molecule has 0 radical (unpaired) electrons. The second-order valence-corrected chi connectivity index (χ2v) is 8.86. The predicted molar refractivity (Wildman–Crippen MR) is 80.6 cm³/mol. The summed E-state index contributed by atoms with van der Waals surface area (Å²) in [5, 5.41) is 3.54. The Morgan fingerprint density at radius 1 is 1.19 bits per heavy atom. The van der Waals surface area contributed by atoms with Gasteiger partial charge in [0, 0.05) is 22.2 Å². The van der Waals surface area contributed by atoms with Crippen molar-refractivity contribution in [3.05, 3.63) is 36.2 Å². The average molecular weight is 329 g/mol. The molecule has 2 aromatic rings. The molecule has 2 rings (SSSR count). The molecule has 0 saturated carbocycles. The fraction of sp³-hybridized carbons (Fsp3) is 0.250. The lowest BCUT2D eigenvalue weighted by molar-refractivity contribution is 0.413. The molecule has 0 amide bonds. The minimum absolute atomic E-state index is 0.0500. The van der Waals surface area contributed by atoms with Crippen LogP contribution < -0.4 is 4.72 Å². The summed E-state index contributed by atoms with van der Waals surface area (Å²) in [5.41, 5.74) is 0.811. The Labute approximate surface area is 123 Å². The van der Waals surface area contributed by atoms with Crippen LogP contribution in [0.1, 0.15) is 5.69 Å². The smallest absolute Gasteiger partial charge is 0.267 e. The number of aromatic nitrogens is 1. The minimum Gasteiger partial charge on any atom is -0.363 e. The molecule has 114 valence electrons. The van der Waals surface area contributed by atoms with E-state index in [-0.39, 0.29) is 16.3 Å². The summed E-state index contributed by atoms with van der Waals surface area (Å²) in [6, 6.07) is 6.48. The van der Waals surface area contributed by atoms with Crippen molar-refractivity contribution in [1.29, 1.82) is 0 Å². The minimum atomic E-state index is -3.84. The second-order valence-electron chi connectivity index (χ2n) is 4.66. The van der Waals surface area contributed by atoms with Crippen molar-refractivity contribution >= 4 is 31.1 Å². The van der Waals surface area contributed by atoms with E-state index in [0.717, 1.165) is 6.26 Å². The number of hydrogen-bond acceptors (Lipinski definition) is 6. The maximum Gasteiger partial charge on any atom is 0.267 e. The average Bonchev–Trinajstić information content (AvgIpc) is 2.77. The Morgan fingerprint density at radius 2 is 1.86 bits per heavy atom. The molecule has 1 heterocycles. The van der Waals surface area contributed by atoms with Crippen LogP contribution in [0.4, 0.5) is 11.4 Å². The zero-order valence-corrected chi connectivity index (χ0v) is 13.4. The largest absolute Gasteiger partial charge is 0.363 e. The third-order valence-electron chi connectivity index (χ3n) is 2.46. The highest BCUT2D eigenvalue weighted by atomic mass is 32.2. The molecule has 0 atom stereocenters. The van der Waals surface area contributed by atoms with Crippen LogP contribution in [-0.4, -0.2) is 30.3 Å². The second kappa shape index (κ2) is 5.49. The van der Waals surface area contributed by atoms with Gasteiger partial charge in [0.2, 0.25) is 0 Å². The van der Waals surface area contributed by atoms with Crippen LogP contribution in [0.5, 0.6) is 0 Å². The van der Waals surface area contributed by atoms with Crippen LogP contribution >= 0.6 is 0 Å². The first-order valence-corrected chi connectivity index (χ1v) is 9.70. The summed E-state index contributed by atoms with van der Waals surface area (Å²) in [7, 11) is -6.25. The van der Waals surface area contributed by atoms with Gasteiger partial charge in [-0.1, -0.05) is 17.3 Å². The lowest BCUT2D eigenvalue weighted by Gasteiger charge is -2.09. The lowest BCUT2D eigenvalue weighted by Crippen LogP contribution is -2.13. The third-order valence-corrected chi connectivity index (χ3v) is 4.56. The zero-order valence-electron chi connectivity index (χ0n) is 11.7. The lowest BCUT2D eigenvalue weighted by atomic mass is 10.3. The fourth-order valence-corrected chi connectivity index (χ4v) is 3.42. The van der Waals surface area contributed by atoms with Crippen LogP contribution in [0.25, 0.3) is 0 Å². The molecule has 0 spiro atoms. The monoisotopic (exact) mass is 329 g/mol. The van der Waals surface area contributed by atoms with Crippen molar-refractivity contribution < 1.29 is 17.1 Å². The van der Waals surface area contributed by atoms with E-state index in [2.05, 4.69) is 18.8 Å². The highest BCUT2D eigenvalue weighted by Crippen LogP contribution is 2.28. The van der Waals surface area contributed by atoms with Crippen molar-refractivity contribution in [2.24, 2.45) is 4.36 Å². The molecule has 1 aromatic heterocycles. The van der Waals surface area contributed by atoms with Gasteiger partial charge < -0.3 is 4.52 Å². The number of sulfonamides is 1. The van der Waals surface area contributed by atoms with Gasteiger partial charge in [-0.3, -0.25) is 4.72 Å². The fourth-order valence-electron chi connectivity index (χ4n) is 1.62. The van der Waals surface area contributed by atoms with Crippen molar-refractivity contribution in [2.45, 2.75) is 11.8 Å². The van der Waals surface area contributed by atoms with Crippen LogP contribution in [0, 0.1) is 6.92 Å². The first kappa shape index (κ1) is 15.5. The van der Waals surface area contributed by atoms with Gasteiger partial charge in [-0.05, 0) is 19.1 Å². The van der Waals surface area contributed by atoms with Crippen LogP contribution in [0.3, 0.4) is 0 Å². The highest BCUT2D eigenvalue weighted by Gasteiger charge is 2.21. The quantitative estimate of drug-likeness (QED) is 0.926. The van der Waals surface area contributed by atoms with Gasteiger partial charge in [-0.2, -0.15) is 4.36 Å². The molecule has 0 bridgehead atoms. The van der Waals surface area contributed by atoms with Crippen molar-refractivity contribution in [2.75, 3.05) is 17.2 Å². The Bertz CT molecular complexity index is 869. The summed E-state index contributed by atoms with van der Waals surface area (Å²) in [5.74, 6) is 0. The van der Waals surface area contributed by atoms with Gasteiger partial charge in [0.15, 0.2) is 0 Å². The van der Waals surface area contributed by atoms with E-state index in [1.807, 2.05) is 0 Å². The molecule has 1 aromatic carbocycles. The Kier molecular flexibility index (Phi) is 4.06. The van der Waals surface area contributed by atoms with E-state index >= 15 is 0 Å². The predicted octanol–water partition coefficient (Wildman–Crippen LogP) is 2.14. The Balaban J connectivity index is 2.46. The summed E-state index contributed by atoms with van der Waals surface area (Å²) in [6.07, 6.45) is 4.01. The number of aryl methyl sites for hydroxylation is 1. The number of anilines is 1. The SMILES string of the molecule is Cc1nocc1S(=O)(=O)Nc1ccccc1N=S(C)(C)=O. The van der Waals surface area contributed by atoms with Crippen LogP contribution in [0.15, 0.2) is 44.3 Å². The van der Waals surface area contributed by atoms with Crippen molar-refractivity contribution in [1.82, 2.24) is 5.16 Å². The van der Waals surface area contributed by atoms with E-state index < -0.39 is 19.8 Å². The molecule has 0 fully saturated rings. The van der Waals surface area contributed by atoms with Gasteiger partial charge in [-0.25, -0.2) is 12.6 Å². The van der Waals surface area contributed by atoms with Crippen LogP contribution in [-0.2, 0) is 19.8 Å². The number of nitrogens with one attached hydrogen (secondary N) is 1. The van der Waals surface area contributed by atoms with Gasteiger partial charge in [0.05, 0.1) is 11.4 Å². The topological polar surface area (TPSA) is 102 Å². The number of nitrogens with zero attached hydrogens (tertiary/aromatic N) is 2. The molecule has 0 aliphatic heterocycles. The molecule has 0 aliphatic carbocycles. The van der Waals surface area contributed by atoms with E-state index in [4.69, 9.17) is 0 Å². The Hall–Kier alpha value is -1.87. The molecule has 1 N–H and O–H groups in total. The highest BCUT2D eigenvalue weighted by molar-refractivity contribution is 7.93. The maximum atomic E-state index is 12.3. The van der Waals surface area contributed by atoms with E-state index in [1.165, 1.54) is 19.4 Å². The first-order chi connectivity index (χ1) is 9.69. The normalized spacial score (nSPS) is 12.1. The van der Waals surface area contributed by atoms with Gasteiger partial charge in [-0.15, -0.1) is 0 Å². The number of benzene rings is 1. The standard InChI is InChI=1S/C12H15N3O4S2/c1-9-12(8-19-13-9)21(17,18)15-11-7-5-4-6-10(11)14-20(2,3)16/h4-8,15H,1-3H3. The summed E-state index contributed by atoms with van der Waals surface area (Å²) in [6.45, 7) is 1.53. The molecule has 7 nitrogen and oxygen atoms in total. The summed E-state index contributed by atoms with van der Waals surface area (Å²) in [4.78, 5) is -0.0500. The molecule has 21 heavy (non-hydrogen) atoms. The van der Waals surface area contributed by atoms with Crippen LogP contribution in [0.2, 0.25) is 0 Å². The van der Waals surface area contributed by atoms with Gasteiger partial charge >= 0.3 is 0 Å². The van der Waals surface area contributed by atoms with Crippen molar-refractivity contribution in [3.63, 3.8) is 0 Å². The summed E-state index contributed by atoms with van der Waals surface area (Å²) < 4.78 is 47.4.